The summed E-state index contributed by atoms with van der Waals surface area (Å²) in [4.78, 5) is 24.7. The predicted molar refractivity (Wildman–Crippen MR) is 157 cm³/mol. The van der Waals surface area contributed by atoms with Gasteiger partial charge in [-0.1, -0.05) is 6.92 Å². The Morgan fingerprint density at radius 3 is 2.67 bits per heavy atom. The number of aromatic nitrogens is 4. The lowest BCUT2D eigenvalue weighted by molar-refractivity contribution is -0.131. The highest BCUT2D eigenvalue weighted by Crippen LogP contribution is 2.33. The van der Waals surface area contributed by atoms with Crippen molar-refractivity contribution in [3.05, 3.63) is 60.6 Å². The summed E-state index contributed by atoms with van der Waals surface area (Å²) >= 11 is 0. The van der Waals surface area contributed by atoms with Gasteiger partial charge in [0.25, 0.3) is 0 Å². The number of likely N-dealkylation sites (N-methyl/N-ethyl adjacent to an activating group) is 1. The summed E-state index contributed by atoms with van der Waals surface area (Å²) in [6, 6.07) is 7.13. The summed E-state index contributed by atoms with van der Waals surface area (Å²) in [5.74, 6) is -1.02. The lowest BCUT2D eigenvalue weighted by atomic mass is 9.88. The van der Waals surface area contributed by atoms with Crippen LogP contribution >= 0.6 is 0 Å². The fourth-order valence-corrected chi connectivity index (χ4v) is 6.03. The lowest BCUT2D eigenvalue weighted by Crippen LogP contribution is -2.62. The van der Waals surface area contributed by atoms with Crippen LogP contribution in [-0.4, -0.2) is 81.9 Å². The van der Waals surface area contributed by atoms with E-state index in [2.05, 4.69) is 32.2 Å². The number of nitrogens with two attached hydrogens (primary N) is 1. The number of pyridine rings is 1. The standard InChI is InChI=1S/C30H34F2N8O3/c1-17-14-39(15-24(33)29(17)38(3)18(2)41)27-6-8-34-13-26(27)36-30-35-12-19-4-5-25(37-40(19)30)28-22(31)10-21(11-23(28)32)43-20-7-9-42-16-20/h4-6,8,10-13,17,20,24,29H,7,9,14-16,33H2,1-3H3,(H,35,36)/t17-,20?,24+,29-/m0/s1. The predicted octanol–water partition coefficient (Wildman–Crippen LogP) is 3.61. The Kier molecular flexibility index (Phi) is 7.84. The van der Waals surface area contributed by atoms with E-state index in [-0.39, 0.29) is 47.0 Å². The first-order chi connectivity index (χ1) is 20.7. The van der Waals surface area contributed by atoms with Gasteiger partial charge in [-0.15, -0.1) is 0 Å². The molecule has 13 heteroatoms. The number of fused-ring (bicyclic) bond motifs is 1. The highest BCUT2D eigenvalue weighted by atomic mass is 19.1. The summed E-state index contributed by atoms with van der Waals surface area (Å²) in [6.45, 7) is 5.78. The molecule has 0 saturated carbocycles. The molecule has 4 aromatic rings. The number of carbonyl (C=O) groups excluding carboxylic acids is 1. The van der Waals surface area contributed by atoms with E-state index < -0.39 is 11.6 Å². The van der Waals surface area contributed by atoms with Gasteiger partial charge in [0.1, 0.15) is 23.5 Å². The monoisotopic (exact) mass is 592 g/mol. The van der Waals surface area contributed by atoms with E-state index in [1.165, 1.54) is 16.6 Å². The number of piperidine rings is 1. The minimum atomic E-state index is -0.783. The van der Waals surface area contributed by atoms with E-state index in [1.807, 2.05) is 6.07 Å². The normalized spacial score (nSPS) is 22.1. The second kappa shape index (κ2) is 11.7. The van der Waals surface area contributed by atoms with Gasteiger partial charge in [0.15, 0.2) is 0 Å². The van der Waals surface area contributed by atoms with E-state index in [0.29, 0.717) is 49.9 Å². The van der Waals surface area contributed by atoms with Gasteiger partial charge in [0, 0.05) is 57.9 Å². The topological polar surface area (TPSA) is 123 Å². The van der Waals surface area contributed by atoms with Crippen molar-refractivity contribution in [3.8, 4) is 17.0 Å². The van der Waals surface area contributed by atoms with Crippen LogP contribution in [0.2, 0.25) is 0 Å². The van der Waals surface area contributed by atoms with Crippen molar-refractivity contribution < 1.29 is 23.0 Å². The molecule has 2 aliphatic rings. The molecule has 3 aromatic heterocycles. The summed E-state index contributed by atoms with van der Waals surface area (Å²) in [5, 5.41) is 7.82. The van der Waals surface area contributed by atoms with Crippen LogP contribution in [-0.2, 0) is 9.53 Å². The third-order valence-corrected chi connectivity index (χ3v) is 8.14. The second-order valence-corrected chi connectivity index (χ2v) is 11.2. The number of rotatable bonds is 7. The van der Waals surface area contributed by atoms with Crippen LogP contribution in [0.1, 0.15) is 20.3 Å². The highest BCUT2D eigenvalue weighted by molar-refractivity contribution is 5.75. The molecular weight excluding hydrogens is 558 g/mol. The summed E-state index contributed by atoms with van der Waals surface area (Å²) in [6.07, 6.45) is 5.42. The van der Waals surface area contributed by atoms with Gasteiger partial charge in [0.2, 0.25) is 11.9 Å². The van der Waals surface area contributed by atoms with Gasteiger partial charge >= 0.3 is 0 Å². The number of nitrogens with zero attached hydrogens (tertiary/aromatic N) is 6. The molecule has 2 saturated heterocycles. The first-order valence-corrected chi connectivity index (χ1v) is 14.2. The van der Waals surface area contributed by atoms with Crippen molar-refractivity contribution >= 4 is 28.7 Å². The zero-order valence-corrected chi connectivity index (χ0v) is 24.2. The van der Waals surface area contributed by atoms with Gasteiger partial charge in [-0.05, 0) is 24.1 Å². The molecule has 2 aliphatic heterocycles. The average molecular weight is 593 g/mol. The van der Waals surface area contributed by atoms with Crippen molar-refractivity contribution in [1.29, 1.82) is 0 Å². The minimum Gasteiger partial charge on any atom is -0.488 e. The number of anilines is 3. The maximum absolute atomic E-state index is 15.2. The number of halogens is 2. The fourth-order valence-electron chi connectivity index (χ4n) is 6.03. The maximum atomic E-state index is 15.2. The molecule has 0 aliphatic carbocycles. The Balaban J connectivity index is 1.27. The molecule has 1 aromatic carbocycles. The number of amides is 1. The molecule has 11 nitrogen and oxygen atoms in total. The molecule has 1 amide bonds. The number of hydrogen-bond acceptors (Lipinski definition) is 9. The van der Waals surface area contributed by atoms with Crippen molar-refractivity contribution in [2.75, 3.05) is 43.6 Å². The van der Waals surface area contributed by atoms with Crippen molar-refractivity contribution in [3.63, 3.8) is 0 Å². The summed E-state index contributed by atoms with van der Waals surface area (Å²) in [7, 11) is 1.79. The van der Waals surface area contributed by atoms with E-state index in [4.69, 9.17) is 15.2 Å². The van der Waals surface area contributed by atoms with E-state index >= 15 is 8.78 Å². The Hall–Kier alpha value is -4.36. The number of carbonyl (C=O) groups is 1. The summed E-state index contributed by atoms with van der Waals surface area (Å²) < 4.78 is 42.9. The smallest absolute Gasteiger partial charge is 0.229 e. The Morgan fingerprint density at radius 2 is 1.98 bits per heavy atom. The molecule has 0 bridgehead atoms. The number of ether oxygens (including phenoxy) is 2. The third kappa shape index (κ3) is 5.69. The largest absolute Gasteiger partial charge is 0.488 e. The molecule has 3 N–H and O–H groups in total. The van der Waals surface area contributed by atoms with Crippen LogP contribution in [0.3, 0.4) is 0 Å². The molecule has 4 atom stereocenters. The average Bonchev–Trinajstić information content (AvgIpc) is 3.62. The zero-order valence-electron chi connectivity index (χ0n) is 24.2. The van der Waals surface area contributed by atoms with Gasteiger partial charge in [-0.25, -0.2) is 13.8 Å². The molecular formula is C30H34F2N8O3. The highest BCUT2D eigenvalue weighted by Gasteiger charge is 2.36. The number of hydrogen-bond donors (Lipinski definition) is 2. The van der Waals surface area contributed by atoms with Gasteiger partial charge in [-0.2, -0.15) is 9.61 Å². The Morgan fingerprint density at radius 1 is 1.19 bits per heavy atom. The molecule has 5 heterocycles. The van der Waals surface area contributed by atoms with Gasteiger partial charge in [0.05, 0.1) is 59.8 Å². The number of benzene rings is 1. The fraction of sp³-hybridized carbons (Fsp3) is 0.400. The van der Waals surface area contributed by atoms with Crippen LogP contribution in [0.15, 0.2) is 48.9 Å². The Labute approximate surface area is 247 Å². The van der Waals surface area contributed by atoms with Crippen LogP contribution in [0.25, 0.3) is 16.8 Å². The number of nitrogens with one attached hydrogen (secondary N) is 1. The maximum Gasteiger partial charge on any atom is 0.229 e. The number of imidazole rings is 1. The lowest BCUT2D eigenvalue weighted by Gasteiger charge is -2.46. The van der Waals surface area contributed by atoms with Crippen molar-refractivity contribution in [2.45, 2.75) is 38.5 Å². The first kappa shape index (κ1) is 28.7. The quantitative estimate of drug-likeness (QED) is 0.331. The van der Waals surface area contributed by atoms with Gasteiger partial charge in [-0.3, -0.25) is 9.78 Å². The van der Waals surface area contributed by atoms with E-state index in [1.54, 1.807) is 49.6 Å². The zero-order chi connectivity index (χ0) is 30.2. The molecule has 2 fully saturated rings. The molecule has 6 rings (SSSR count). The van der Waals surface area contributed by atoms with Crippen molar-refractivity contribution in [2.24, 2.45) is 11.7 Å². The van der Waals surface area contributed by atoms with Crippen LogP contribution in [0, 0.1) is 17.6 Å². The minimum absolute atomic E-state index is 0.0201. The van der Waals surface area contributed by atoms with Crippen molar-refractivity contribution in [1.82, 2.24) is 24.5 Å². The third-order valence-electron chi connectivity index (χ3n) is 8.14. The van der Waals surface area contributed by atoms with Crippen LogP contribution in [0.5, 0.6) is 5.75 Å². The first-order valence-electron chi connectivity index (χ1n) is 14.2. The van der Waals surface area contributed by atoms with Crippen LogP contribution in [0.4, 0.5) is 26.1 Å². The van der Waals surface area contributed by atoms with E-state index in [0.717, 1.165) is 5.69 Å². The van der Waals surface area contributed by atoms with Crippen LogP contribution < -0.4 is 20.7 Å². The van der Waals surface area contributed by atoms with E-state index in [9.17, 15) is 4.79 Å². The summed E-state index contributed by atoms with van der Waals surface area (Å²) in [5.41, 5.74) is 8.55. The molecule has 1 unspecified atom stereocenters. The molecule has 0 spiro atoms. The SMILES string of the molecule is CC(=O)N(C)[C@@H]1[C@H](N)CN(c2ccncc2Nc2ncc3ccc(-c4c(F)cc(OC5CCOC5)cc4F)nn23)C[C@@H]1C. The molecule has 0 radical (unpaired) electrons. The Bertz CT molecular complexity index is 1610. The van der Waals surface area contributed by atoms with Gasteiger partial charge < -0.3 is 30.3 Å². The molecule has 43 heavy (non-hydrogen) atoms. The second-order valence-electron chi connectivity index (χ2n) is 11.2. The molecule has 226 valence electrons.